The third kappa shape index (κ3) is 4.35. The van der Waals surface area contributed by atoms with E-state index in [0.29, 0.717) is 11.1 Å². The van der Waals surface area contributed by atoms with Crippen molar-refractivity contribution in [2.75, 3.05) is 0 Å². The summed E-state index contributed by atoms with van der Waals surface area (Å²) >= 11 is 0. The van der Waals surface area contributed by atoms with Gasteiger partial charge in [0.05, 0.1) is 23.3 Å². The molecule has 0 aliphatic carbocycles. The van der Waals surface area contributed by atoms with Crippen molar-refractivity contribution in [3.8, 4) is 12.1 Å². The number of benzene rings is 3. The molecule has 3 aromatic carbocycles. The van der Waals surface area contributed by atoms with Gasteiger partial charge >= 0.3 is 0 Å². The quantitative estimate of drug-likeness (QED) is 0.569. The standard InChI is InChI=1S/C24H16N2/c25-17-22-10-7-20(8-11-22)6-9-21-13-15-23(24(16-21)18-26)14-12-19-4-2-1-3-5-19/h1-16H. The van der Waals surface area contributed by atoms with E-state index < -0.39 is 0 Å². The van der Waals surface area contributed by atoms with Crippen molar-refractivity contribution in [3.63, 3.8) is 0 Å². The molecule has 0 saturated carbocycles. The van der Waals surface area contributed by atoms with Crippen molar-refractivity contribution < 1.29 is 0 Å². The predicted molar refractivity (Wildman–Crippen MR) is 107 cm³/mol. The first-order chi connectivity index (χ1) is 12.8. The molecule has 0 heterocycles. The van der Waals surface area contributed by atoms with Gasteiger partial charge < -0.3 is 0 Å². The Morgan fingerprint density at radius 3 is 1.88 bits per heavy atom. The van der Waals surface area contributed by atoms with Crippen LogP contribution in [-0.4, -0.2) is 0 Å². The van der Waals surface area contributed by atoms with Gasteiger partial charge in [-0.25, -0.2) is 0 Å². The molecule has 0 aliphatic heterocycles. The van der Waals surface area contributed by atoms with Crippen molar-refractivity contribution in [2.45, 2.75) is 0 Å². The van der Waals surface area contributed by atoms with Crippen LogP contribution in [0.15, 0.2) is 72.8 Å². The molecule has 0 N–H and O–H groups in total. The van der Waals surface area contributed by atoms with E-state index in [2.05, 4.69) is 12.1 Å². The molecule has 0 fully saturated rings. The van der Waals surface area contributed by atoms with Gasteiger partial charge in [-0.15, -0.1) is 0 Å². The van der Waals surface area contributed by atoms with Gasteiger partial charge in [0, 0.05) is 0 Å². The summed E-state index contributed by atoms with van der Waals surface area (Å²) in [5, 5.41) is 18.3. The van der Waals surface area contributed by atoms with E-state index in [4.69, 9.17) is 5.26 Å². The zero-order valence-corrected chi connectivity index (χ0v) is 14.1. The van der Waals surface area contributed by atoms with Crippen molar-refractivity contribution in [3.05, 3.63) is 106 Å². The summed E-state index contributed by atoms with van der Waals surface area (Å²) in [7, 11) is 0. The number of hydrogen-bond acceptors (Lipinski definition) is 2. The van der Waals surface area contributed by atoms with Gasteiger partial charge in [-0.05, 0) is 40.5 Å². The molecule has 0 radical (unpaired) electrons. The van der Waals surface area contributed by atoms with E-state index in [-0.39, 0.29) is 0 Å². The van der Waals surface area contributed by atoms with Crippen LogP contribution in [0.3, 0.4) is 0 Å². The van der Waals surface area contributed by atoms with Crippen LogP contribution in [0.5, 0.6) is 0 Å². The normalized spacial score (nSPS) is 10.7. The summed E-state index contributed by atoms with van der Waals surface area (Å²) in [6, 6.07) is 27.6. The molecule has 122 valence electrons. The van der Waals surface area contributed by atoms with Crippen LogP contribution < -0.4 is 0 Å². The first-order valence-corrected chi connectivity index (χ1v) is 8.24. The van der Waals surface area contributed by atoms with Crippen molar-refractivity contribution in [2.24, 2.45) is 0 Å². The zero-order chi connectivity index (χ0) is 18.2. The topological polar surface area (TPSA) is 47.6 Å². The van der Waals surface area contributed by atoms with Crippen molar-refractivity contribution in [1.82, 2.24) is 0 Å². The molecule has 3 rings (SSSR count). The van der Waals surface area contributed by atoms with Crippen molar-refractivity contribution >= 4 is 24.3 Å². The number of nitrogens with zero attached hydrogens (tertiary/aromatic N) is 2. The Hall–Kier alpha value is -3.88. The average Bonchev–Trinajstić information content (AvgIpc) is 2.72. The lowest BCUT2D eigenvalue weighted by Gasteiger charge is -2.01. The fourth-order valence-electron chi connectivity index (χ4n) is 2.53. The second kappa shape index (κ2) is 8.29. The van der Waals surface area contributed by atoms with E-state index in [1.165, 1.54) is 0 Å². The predicted octanol–water partition coefficient (Wildman–Crippen LogP) is 5.77. The van der Waals surface area contributed by atoms with Crippen LogP contribution in [0, 0.1) is 22.7 Å². The van der Waals surface area contributed by atoms with Crippen LogP contribution in [0.25, 0.3) is 24.3 Å². The molecule has 0 saturated heterocycles. The zero-order valence-electron chi connectivity index (χ0n) is 14.1. The molecule has 0 amide bonds. The van der Waals surface area contributed by atoms with Crippen LogP contribution in [0.4, 0.5) is 0 Å². The van der Waals surface area contributed by atoms with Gasteiger partial charge in [-0.1, -0.05) is 78.9 Å². The molecule has 0 aliphatic rings. The first kappa shape index (κ1) is 17.0. The van der Waals surface area contributed by atoms with Gasteiger partial charge in [-0.2, -0.15) is 10.5 Å². The van der Waals surface area contributed by atoms with Crippen molar-refractivity contribution in [1.29, 1.82) is 10.5 Å². The van der Waals surface area contributed by atoms with Crippen LogP contribution in [0.2, 0.25) is 0 Å². The summed E-state index contributed by atoms with van der Waals surface area (Å²) in [5.74, 6) is 0. The molecule has 0 spiro atoms. The highest BCUT2D eigenvalue weighted by Gasteiger charge is 2.00. The molecule has 26 heavy (non-hydrogen) atoms. The molecule has 0 aromatic heterocycles. The minimum atomic E-state index is 0.638. The number of rotatable bonds is 4. The Labute approximate surface area is 153 Å². The second-order valence-corrected chi connectivity index (χ2v) is 5.77. The Kier molecular flexibility index (Phi) is 5.41. The molecule has 0 atom stereocenters. The summed E-state index contributed by atoms with van der Waals surface area (Å²) < 4.78 is 0. The summed E-state index contributed by atoms with van der Waals surface area (Å²) in [4.78, 5) is 0. The van der Waals surface area contributed by atoms with Gasteiger partial charge in [-0.3, -0.25) is 0 Å². The van der Waals surface area contributed by atoms with Crippen LogP contribution in [-0.2, 0) is 0 Å². The van der Waals surface area contributed by atoms with E-state index >= 15 is 0 Å². The van der Waals surface area contributed by atoms with E-state index in [9.17, 15) is 5.26 Å². The number of nitriles is 2. The Balaban J connectivity index is 1.80. The van der Waals surface area contributed by atoms with Gasteiger partial charge in [0.2, 0.25) is 0 Å². The summed E-state index contributed by atoms with van der Waals surface area (Å²) in [6.07, 6.45) is 7.90. The molecule has 3 aromatic rings. The van der Waals surface area contributed by atoms with Crippen LogP contribution >= 0.6 is 0 Å². The Bertz CT molecular complexity index is 1030. The minimum absolute atomic E-state index is 0.638. The maximum Gasteiger partial charge on any atom is 0.0998 e. The highest BCUT2D eigenvalue weighted by Crippen LogP contribution is 2.17. The smallest absolute Gasteiger partial charge is 0.0998 e. The third-order valence-corrected chi connectivity index (χ3v) is 3.96. The highest BCUT2D eigenvalue weighted by atomic mass is 14.2. The van der Waals surface area contributed by atoms with Gasteiger partial charge in [0.15, 0.2) is 0 Å². The maximum atomic E-state index is 9.44. The second-order valence-electron chi connectivity index (χ2n) is 5.77. The molecule has 2 nitrogen and oxygen atoms in total. The molecular weight excluding hydrogens is 316 g/mol. The SMILES string of the molecule is N#Cc1ccc(C=Cc2ccc(C=Cc3ccccc3)c(C#N)c2)cc1. The lowest BCUT2D eigenvalue weighted by molar-refractivity contribution is 1.46. The van der Waals surface area contributed by atoms with E-state index in [0.717, 1.165) is 22.3 Å². The summed E-state index contributed by atoms with van der Waals surface area (Å²) in [5.41, 5.74) is 5.24. The lowest BCUT2D eigenvalue weighted by Crippen LogP contribution is -1.84. The molecule has 2 heteroatoms. The largest absolute Gasteiger partial charge is 0.192 e. The lowest BCUT2D eigenvalue weighted by atomic mass is 10.0. The van der Waals surface area contributed by atoms with E-state index in [1.807, 2.05) is 85.0 Å². The fourth-order valence-corrected chi connectivity index (χ4v) is 2.53. The number of hydrogen-bond donors (Lipinski definition) is 0. The highest BCUT2D eigenvalue weighted by molar-refractivity contribution is 5.76. The third-order valence-electron chi connectivity index (χ3n) is 3.96. The first-order valence-electron chi connectivity index (χ1n) is 8.24. The Morgan fingerprint density at radius 2 is 1.19 bits per heavy atom. The Morgan fingerprint density at radius 1 is 0.577 bits per heavy atom. The molecule has 0 bridgehead atoms. The van der Waals surface area contributed by atoms with Crippen LogP contribution in [0.1, 0.15) is 33.4 Å². The maximum absolute atomic E-state index is 9.44. The van der Waals surface area contributed by atoms with E-state index in [1.54, 1.807) is 12.1 Å². The van der Waals surface area contributed by atoms with Gasteiger partial charge in [0.1, 0.15) is 0 Å². The molecule has 0 unspecified atom stereocenters. The average molecular weight is 332 g/mol. The van der Waals surface area contributed by atoms with Gasteiger partial charge in [0.25, 0.3) is 0 Å². The molecular formula is C24H16N2. The minimum Gasteiger partial charge on any atom is -0.192 e. The fraction of sp³-hybridized carbons (Fsp3) is 0. The monoisotopic (exact) mass is 332 g/mol. The summed E-state index contributed by atoms with van der Waals surface area (Å²) in [6.45, 7) is 0.